The van der Waals surface area contributed by atoms with Gasteiger partial charge in [0.1, 0.15) is 6.73 Å². The lowest BCUT2D eigenvalue weighted by molar-refractivity contribution is 0.244. The molecule has 2 rings (SSSR count). The number of hydrogen-bond donors (Lipinski definition) is 0. The summed E-state index contributed by atoms with van der Waals surface area (Å²) in [5, 5.41) is 0. The van der Waals surface area contributed by atoms with Crippen LogP contribution in [0.4, 0.5) is 0 Å². The van der Waals surface area contributed by atoms with E-state index in [9.17, 15) is 8.42 Å². The molecule has 0 aromatic carbocycles. The minimum atomic E-state index is -3.60. The Kier molecular flexibility index (Phi) is 3.90. The van der Waals surface area contributed by atoms with Gasteiger partial charge in [-0.2, -0.15) is 8.42 Å². The summed E-state index contributed by atoms with van der Waals surface area (Å²) >= 11 is 0. The summed E-state index contributed by atoms with van der Waals surface area (Å²) in [5.74, 6) is 0. The van der Waals surface area contributed by atoms with E-state index >= 15 is 0 Å². The average molecular weight is 308 g/mol. The molecule has 0 N–H and O–H groups in total. The van der Waals surface area contributed by atoms with Crippen LogP contribution in [0.1, 0.15) is 23.9 Å². The molecule has 0 saturated carbocycles. The Morgan fingerprint density at radius 3 is 2.62 bits per heavy atom. The van der Waals surface area contributed by atoms with Crippen molar-refractivity contribution in [2.24, 2.45) is 0 Å². The molecule has 2 heterocycles. The van der Waals surface area contributed by atoms with Crippen LogP contribution in [0, 0.1) is 20.8 Å². The molecule has 0 aliphatic heterocycles. The second-order valence-electron chi connectivity index (χ2n) is 5.06. The molecule has 0 bridgehead atoms. The number of aryl methyl sites for hydroxylation is 1. The van der Waals surface area contributed by atoms with Gasteiger partial charge in [-0.05, 0) is 31.9 Å². The summed E-state index contributed by atoms with van der Waals surface area (Å²) in [6, 6.07) is 0. The van der Waals surface area contributed by atoms with Crippen LogP contribution in [-0.4, -0.2) is 36.6 Å². The quantitative estimate of drug-likeness (QED) is 0.592. The fourth-order valence-corrected chi connectivity index (χ4v) is 2.34. The molecular formula is C13H18BN3O3S. The monoisotopic (exact) mass is 308 g/mol. The summed E-state index contributed by atoms with van der Waals surface area (Å²) in [6.07, 6.45) is 2.96. The van der Waals surface area contributed by atoms with Crippen molar-refractivity contribution >= 4 is 23.7 Å². The standard InChI is InChI=1S/C13H18BN3O3S/c1-9-6-16(11(3)10(9)2)7-12-5-15-13(14)17(12)8-20-21(4,18)19/h5-6H,7-8H2,1-4H3/i5D. The van der Waals surface area contributed by atoms with E-state index in [1.165, 1.54) is 10.1 Å². The van der Waals surface area contributed by atoms with Gasteiger partial charge in [-0.25, -0.2) is 4.18 Å². The molecule has 0 saturated heterocycles. The minimum Gasteiger partial charge on any atom is -0.345 e. The number of hydrogen-bond acceptors (Lipinski definition) is 4. The largest absolute Gasteiger partial charge is 0.345 e. The normalized spacial score (nSPS) is 12.7. The molecule has 0 spiro atoms. The highest BCUT2D eigenvalue weighted by Crippen LogP contribution is 2.16. The van der Waals surface area contributed by atoms with Crippen LogP contribution in [0.5, 0.6) is 0 Å². The zero-order chi connectivity index (χ0) is 16.7. The first-order valence-corrected chi connectivity index (χ1v) is 8.20. The highest BCUT2D eigenvalue weighted by Gasteiger charge is 2.12. The molecule has 112 valence electrons. The predicted molar refractivity (Wildman–Crippen MR) is 81.3 cm³/mol. The third-order valence-electron chi connectivity index (χ3n) is 3.53. The van der Waals surface area contributed by atoms with Crippen LogP contribution in [0.15, 0.2) is 12.4 Å². The van der Waals surface area contributed by atoms with Crippen molar-refractivity contribution in [3.8, 4) is 0 Å². The Labute approximate surface area is 127 Å². The molecule has 2 radical (unpaired) electrons. The van der Waals surface area contributed by atoms with Crippen molar-refractivity contribution in [3.63, 3.8) is 0 Å². The summed E-state index contributed by atoms with van der Waals surface area (Å²) < 4.78 is 38.4. The van der Waals surface area contributed by atoms with Crippen LogP contribution < -0.4 is 5.72 Å². The van der Waals surface area contributed by atoms with Gasteiger partial charge in [0, 0.05) is 18.1 Å². The van der Waals surface area contributed by atoms with Gasteiger partial charge < -0.3 is 9.13 Å². The molecule has 0 unspecified atom stereocenters. The smallest absolute Gasteiger partial charge is 0.266 e. The van der Waals surface area contributed by atoms with Gasteiger partial charge in [-0.3, -0.25) is 4.98 Å². The molecule has 0 atom stereocenters. The van der Waals surface area contributed by atoms with Gasteiger partial charge in [0.05, 0.1) is 25.6 Å². The Bertz CT molecular complexity index is 811. The Morgan fingerprint density at radius 1 is 1.43 bits per heavy atom. The van der Waals surface area contributed by atoms with E-state index in [4.69, 9.17) is 13.4 Å². The van der Waals surface area contributed by atoms with E-state index in [1.807, 2.05) is 31.5 Å². The fourth-order valence-electron chi connectivity index (χ4n) is 2.05. The summed E-state index contributed by atoms with van der Waals surface area (Å²) in [6.45, 7) is 6.11. The Hall–Kier alpha value is -1.54. The second-order valence-corrected chi connectivity index (χ2v) is 6.70. The molecule has 0 aliphatic carbocycles. The molecular weight excluding hydrogens is 289 g/mol. The second kappa shape index (κ2) is 5.69. The maximum Gasteiger partial charge on any atom is 0.266 e. The van der Waals surface area contributed by atoms with Gasteiger partial charge in [-0.1, -0.05) is 0 Å². The van der Waals surface area contributed by atoms with E-state index < -0.39 is 10.1 Å². The number of rotatable bonds is 5. The first-order chi connectivity index (χ1) is 10.1. The van der Waals surface area contributed by atoms with E-state index in [0.717, 1.165) is 17.5 Å². The Balaban J connectivity index is 2.36. The molecule has 0 fully saturated rings. The van der Waals surface area contributed by atoms with Crippen LogP contribution in [0.25, 0.3) is 0 Å². The Morgan fingerprint density at radius 2 is 2.10 bits per heavy atom. The maximum atomic E-state index is 11.1. The number of aromatic nitrogens is 3. The summed E-state index contributed by atoms with van der Waals surface area (Å²) in [4.78, 5) is 3.89. The van der Waals surface area contributed by atoms with Crippen molar-refractivity contribution in [2.45, 2.75) is 34.0 Å². The first kappa shape index (κ1) is 14.4. The van der Waals surface area contributed by atoms with Gasteiger partial charge in [0.25, 0.3) is 10.1 Å². The molecule has 2 aromatic rings. The molecule has 21 heavy (non-hydrogen) atoms. The maximum absolute atomic E-state index is 11.1. The highest BCUT2D eigenvalue weighted by molar-refractivity contribution is 7.85. The molecule has 6 nitrogen and oxygen atoms in total. The SMILES string of the molecule is [2H]c1nc([B])n(COS(C)(=O)=O)c1Cn1cc(C)c(C)c1C. The average Bonchev–Trinajstić information content (AvgIpc) is 2.79. The zero-order valence-electron chi connectivity index (χ0n) is 13.5. The van der Waals surface area contributed by atoms with Crippen molar-refractivity contribution in [3.05, 3.63) is 34.9 Å². The summed E-state index contributed by atoms with van der Waals surface area (Å²) in [7, 11) is 2.14. The first-order valence-electron chi connectivity index (χ1n) is 6.89. The molecule has 0 amide bonds. The van der Waals surface area contributed by atoms with Crippen LogP contribution in [-0.2, 0) is 27.6 Å². The van der Waals surface area contributed by atoms with Crippen molar-refractivity contribution in [1.82, 2.24) is 14.1 Å². The van der Waals surface area contributed by atoms with E-state index in [0.29, 0.717) is 12.2 Å². The van der Waals surface area contributed by atoms with Gasteiger partial charge in [0.2, 0.25) is 0 Å². The minimum absolute atomic E-state index is 0.0120. The number of imidazole rings is 1. The van der Waals surface area contributed by atoms with Crippen LogP contribution >= 0.6 is 0 Å². The highest BCUT2D eigenvalue weighted by atomic mass is 32.2. The number of nitrogens with zero attached hydrogens (tertiary/aromatic N) is 3. The lowest BCUT2D eigenvalue weighted by Gasteiger charge is -2.12. The molecule has 0 aliphatic rings. The van der Waals surface area contributed by atoms with Crippen LogP contribution in [0.2, 0.25) is 0 Å². The fraction of sp³-hybridized carbons (Fsp3) is 0.462. The zero-order valence-corrected chi connectivity index (χ0v) is 13.4. The van der Waals surface area contributed by atoms with Gasteiger partial charge >= 0.3 is 0 Å². The predicted octanol–water partition coefficient (Wildman–Crippen LogP) is 0.386. The van der Waals surface area contributed by atoms with Gasteiger partial charge in [-0.15, -0.1) is 0 Å². The third kappa shape index (κ3) is 3.57. The van der Waals surface area contributed by atoms with Gasteiger partial charge in [0.15, 0.2) is 7.85 Å². The van der Waals surface area contributed by atoms with Crippen molar-refractivity contribution in [1.29, 1.82) is 0 Å². The van der Waals surface area contributed by atoms with Crippen molar-refractivity contribution < 1.29 is 14.0 Å². The molecule has 8 heteroatoms. The molecule has 2 aromatic heterocycles. The lowest BCUT2D eigenvalue weighted by Crippen LogP contribution is -2.24. The van der Waals surface area contributed by atoms with E-state index in [1.54, 1.807) is 0 Å². The topological polar surface area (TPSA) is 66.1 Å². The van der Waals surface area contributed by atoms with E-state index in [-0.39, 0.29) is 18.6 Å². The summed E-state index contributed by atoms with van der Waals surface area (Å²) in [5.41, 5.74) is 3.96. The van der Waals surface area contributed by atoms with E-state index in [2.05, 4.69) is 4.98 Å². The van der Waals surface area contributed by atoms with Crippen molar-refractivity contribution in [2.75, 3.05) is 6.26 Å². The third-order valence-corrected chi connectivity index (χ3v) is 4.07. The van der Waals surface area contributed by atoms with Crippen LogP contribution in [0.3, 0.4) is 0 Å². The lowest BCUT2D eigenvalue weighted by atomic mass is 10.1.